The van der Waals surface area contributed by atoms with Gasteiger partial charge in [0, 0.05) is 11.8 Å². The summed E-state index contributed by atoms with van der Waals surface area (Å²) in [6.45, 7) is 2.75. The second kappa shape index (κ2) is 15.0. The van der Waals surface area contributed by atoms with Crippen LogP contribution >= 0.6 is 0 Å². The molecule has 0 amide bonds. The van der Waals surface area contributed by atoms with Crippen LogP contribution in [0.3, 0.4) is 0 Å². The van der Waals surface area contributed by atoms with Crippen molar-refractivity contribution < 1.29 is 24.1 Å². The Morgan fingerprint density at radius 2 is 1.23 bits per heavy atom. The first-order valence-corrected chi connectivity index (χ1v) is 15.9. The average Bonchev–Trinajstić information content (AvgIpc) is 3.15. The molecule has 6 nitrogen and oxygen atoms in total. The molecule has 0 atom stereocenters. The number of aliphatic hydroxyl groups is 1. The van der Waals surface area contributed by atoms with Crippen LogP contribution in [0.25, 0.3) is 11.3 Å². The molecule has 48 heavy (non-hydrogen) atoms. The van der Waals surface area contributed by atoms with Crippen molar-refractivity contribution in [2.24, 2.45) is 0 Å². The topological polar surface area (TPSA) is 70.0 Å². The third kappa shape index (κ3) is 7.26. The summed E-state index contributed by atoms with van der Waals surface area (Å²) in [6.07, 6.45) is 1.86. The Labute approximate surface area is 282 Å². The van der Waals surface area contributed by atoms with Gasteiger partial charge in [-0.3, -0.25) is 4.98 Å². The van der Waals surface area contributed by atoms with E-state index in [0.29, 0.717) is 13.2 Å². The summed E-state index contributed by atoms with van der Waals surface area (Å²) in [5.74, 6) is 2.30. The van der Waals surface area contributed by atoms with Gasteiger partial charge in [0.2, 0.25) is 0 Å². The number of hydrogen-bond donors (Lipinski definition) is 1. The molecule has 0 unspecified atom stereocenters. The maximum absolute atomic E-state index is 9.56. The van der Waals surface area contributed by atoms with Crippen LogP contribution in [0.4, 0.5) is 0 Å². The molecule has 0 saturated heterocycles. The minimum absolute atomic E-state index is 0.00702. The maximum atomic E-state index is 9.56. The number of benzene rings is 5. The molecule has 0 aliphatic heterocycles. The van der Waals surface area contributed by atoms with E-state index in [1.807, 2.05) is 98.0 Å². The van der Waals surface area contributed by atoms with E-state index in [4.69, 9.17) is 23.9 Å². The fraction of sp³-hybridized carbons (Fsp3) is 0.167. The molecule has 0 fully saturated rings. The second-order valence-corrected chi connectivity index (χ2v) is 11.6. The number of nitrogens with zero attached hydrogens (tertiary/aromatic N) is 1. The Morgan fingerprint density at radius 3 is 1.83 bits per heavy atom. The number of aliphatic hydroxyl groups excluding tert-OH is 1. The number of aryl methyl sites for hydroxylation is 1. The van der Waals surface area contributed by atoms with Crippen LogP contribution in [0, 0.1) is 6.92 Å². The maximum Gasteiger partial charge on any atom is 0.144 e. The Morgan fingerprint density at radius 1 is 0.583 bits per heavy atom. The van der Waals surface area contributed by atoms with E-state index >= 15 is 0 Å². The predicted molar refractivity (Wildman–Crippen MR) is 188 cm³/mol. The molecule has 0 radical (unpaired) electrons. The van der Waals surface area contributed by atoms with Crippen LogP contribution in [-0.4, -0.2) is 24.3 Å². The fourth-order valence-electron chi connectivity index (χ4n) is 5.98. The monoisotopic (exact) mass is 637 g/mol. The molecule has 0 aliphatic carbocycles. The second-order valence-electron chi connectivity index (χ2n) is 11.6. The molecule has 0 spiro atoms. The summed E-state index contributed by atoms with van der Waals surface area (Å²) in [5.41, 5.74) is 7.74. The first-order valence-electron chi connectivity index (χ1n) is 15.9. The fourth-order valence-corrected chi connectivity index (χ4v) is 5.98. The van der Waals surface area contributed by atoms with Crippen molar-refractivity contribution in [2.45, 2.75) is 32.3 Å². The largest absolute Gasteiger partial charge is 0.497 e. The van der Waals surface area contributed by atoms with E-state index in [9.17, 15) is 5.11 Å². The van der Waals surface area contributed by atoms with Gasteiger partial charge in [-0.1, -0.05) is 96.6 Å². The molecule has 242 valence electrons. The highest BCUT2D eigenvalue weighted by Crippen LogP contribution is 2.42. The lowest BCUT2D eigenvalue weighted by molar-refractivity contribution is 0.0000783. The standard InChI is InChI=1S/C42H39NO5/c1-30-22-32(27-44)24-33(23-30)28-47-40-11-7-8-34(25-40)41-21-12-31(26-43-41)29-48-42(35-9-5-4-6-10-35,36-13-17-38(45-2)18-14-36)37-15-19-39(46-3)20-16-37/h4-26,44H,27-29H2,1-3H3. The molecule has 6 aromatic rings. The van der Waals surface area contributed by atoms with Gasteiger partial charge in [-0.15, -0.1) is 0 Å². The highest BCUT2D eigenvalue weighted by atomic mass is 16.5. The van der Waals surface area contributed by atoms with Crippen molar-refractivity contribution in [3.8, 4) is 28.5 Å². The van der Waals surface area contributed by atoms with Crippen LogP contribution in [-0.2, 0) is 30.2 Å². The van der Waals surface area contributed by atoms with Crippen molar-refractivity contribution in [2.75, 3.05) is 14.2 Å². The Balaban J connectivity index is 1.26. The van der Waals surface area contributed by atoms with Crippen LogP contribution in [0.15, 0.2) is 140 Å². The normalized spacial score (nSPS) is 11.2. The molecule has 1 heterocycles. The van der Waals surface area contributed by atoms with Gasteiger partial charge in [-0.05, 0) is 82.8 Å². The molecule has 6 rings (SSSR count). The summed E-state index contributed by atoms with van der Waals surface area (Å²) in [6, 6.07) is 44.3. The van der Waals surface area contributed by atoms with Crippen molar-refractivity contribution in [3.63, 3.8) is 0 Å². The summed E-state index contributed by atoms with van der Waals surface area (Å²) in [5, 5.41) is 9.56. The van der Waals surface area contributed by atoms with E-state index in [2.05, 4.69) is 48.5 Å². The summed E-state index contributed by atoms with van der Waals surface area (Å²) in [4.78, 5) is 4.81. The summed E-state index contributed by atoms with van der Waals surface area (Å²) >= 11 is 0. The van der Waals surface area contributed by atoms with E-state index in [1.165, 1.54) is 0 Å². The van der Waals surface area contributed by atoms with Gasteiger partial charge in [-0.2, -0.15) is 0 Å². The molecular formula is C42H39NO5. The zero-order valence-electron chi connectivity index (χ0n) is 27.4. The lowest BCUT2D eigenvalue weighted by Crippen LogP contribution is -2.32. The zero-order chi connectivity index (χ0) is 33.3. The lowest BCUT2D eigenvalue weighted by Gasteiger charge is -2.36. The van der Waals surface area contributed by atoms with Crippen LogP contribution in [0.2, 0.25) is 0 Å². The molecular weight excluding hydrogens is 598 g/mol. The number of pyridine rings is 1. The van der Waals surface area contributed by atoms with Gasteiger partial charge >= 0.3 is 0 Å². The number of aromatic nitrogens is 1. The zero-order valence-corrected chi connectivity index (χ0v) is 27.4. The SMILES string of the molecule is COc1ccc(C(OCc2ccc(-c3cccc(OCc4cc(C)cc(CO)c4)c3)nc2)(c2ccccc2)c2ccc(OC)cc2)cc1. The first kappa shape index (κ1) is 32.5. The van der Waals surface area contributed by atoms with Gasteiger partial charge in [0.05, 0.1) is 33.1 Å². The molecule has 1 N–H and O–H groups in total. The molecule has 0 saturated carbocycles. The quantitative estimate of drug-likeness (QED) is 0.128. The van der Waals surface area contributed by atoms with Crippen LogP contribution in [0.5, 0.6) is 17.2 Å². The number of rotatable bonds is 13. The van der Waals surface area contributed by atoms with E-state index < -0.39 is 5.60 Å². The van der Waals surface area contributed by atoms with Gasteiger partial charge in [0.1, 0.15) is 29.5 Å². The van der Waals surface area contributed by atoms with E-state index in [1.54, 1.807) is 14.2 Å². The number of ether oxygens (including phenoxy) is 4. The van der Waals surface area contributed by atoms with Gasteiger partial charge in [0.25, 0.3) is 0 Å². The molecule has 0 aliphatic rings. The van der Waals surface area contributed by atoms with E-state index in [-0.39, 0.29) is 6.61 Å². The Hall–Kier alpha value is -5.43. The molecule has 1 aromatic heterocycles. The van der Waals surface area contributed by atoms with Crippen LogP contribution in [0.1, 0.15) is 38.9 Å². The average molecular weight is 638 g/mol. The highest BCUT2D eigenvalue weighted by molar-refractivity contribution is 5.61. The smallest absolute Gasteiger partial charge is 0.144 e. The lowest BCUT2D eigenvalue weighted by atomic mass is 9.80. The van der Waals surface area contributed by atoms with E-state index in [0.717, 1.165) is 67.5 Å². The van der Waals surface area contributed by atoms with Gasteiger partial charge < -0.3 is 24.1 Å². The predicted octanol–water partition coefficient (Wildman–Crippen LogP) is 8.65. The first-order chi connectivity index (χ1) is 23.5. The molecule has 5 aromatic carbocycles. The molecule has 6 heteroatoms. The van der Waals surface area contributed by atoms with Crippen molar-refractivity contribution in [1.82, 2.24) is 4.98 Å². The summed E-state index contributed by atoms with van der Waals surface area (Å²) in [7, 11) is 3.33. The summed E-state index contributed by atoms with van der Waals surface area (Å²) < 4.78 is 24.1. The van der Waals surface area contributed by atoms with Crippen LogP contribution < -0.4 is 14.2 Å². The highest BCUT2D eigenvalue weighted by Gasteiger charge is 2.38. The minimum atomic E-state index is -0.917. The van der Waals surface area contributed by atoms with Gasteiger partial charge in [-0.25, -0.2) is 0 Å². The van der Waals surface area contributed by atoms with Gasteiger partial charge in [0.15, 0.2) is 0 Å². The van der Waals surface area contributed by atoms with Crippen molar-refractivity contribution in [1.29, 1.82) is 0 Å². The van der Waals surface area contributed by atoms with Crippen molar-refractivity contribution >= 4 is 0 Å². The third-order valence-electron chi connectivity index (χ3n) is 8.37. The molecule has 0 bridgehead atoms. The van der Waals surface area contributed by atoms with Crippen molar-refractivity contribution in [3.05, 3.63) is 179 Å². The minimum Gasteiger partial charge on any atom is -0.497 e. The number of methoxy groups -OCH3 is 2. The Kier molecular flexibility index (Phi) is 10.1. The third-order valence-corrected chi connectivity index (χ3v) is 8.37. The number of hydrogen-bond acceptors (Lipinski definition) is 6. The Bertz CT molecular complexity index is 1870.